The SMILES string of the molecule is COc1nc(=O)[nH]c(-c2ccc(F)c(F)c2)c1C.Cl. The molecule has 2 aromatic rings. The Morgan fingerprint density at radius 1 is 1.26 bits per heavy atom. The topological polar surface area (TPSA) is 55.0 Å². The average molecular weight is 289 g/mol. The van der Waals surface area contributed by atoms with Crippen molar-refractivity contribution >= 4 is 12.4 Å². The highest BCUT2D eigenvalue weighted by atomic mass is 35.5. The van der Waals surface area contributed by atoms with Crippen LogP contribution in [0.15, 0.2) is 23.0 Å². The number of halogens is 3. The molecule has 4 nitrogen and oxygen atoms in total. The molecule has 7 heteroatoms. The molecule has 1 aromatic carbocycles. The largest absolute Gasteiger partial charge is 0.481 e. The van der Waals surface area contributed by atoms with E-state index in [1.54, 1.807) is 6.92 Å². The van der Waals surface area contributed by atoms with Crippen LogP contribution in [0.3, 0.4) is 0 Å². The normalized spacial score (nSPS) is 9.89. The number of hydrogen-bond donors (Lipinski definition) is 1. The lowest BCUT2D eigenvalue weighted by atomic mass is 10.1. The molecule has 0 unspecified atom stereocenters. The Morgan fingerprint density at radius 3 is 2.53 bits per heavy atom. The van der Waals surface area contributed by atoms with Gasteiger partial charge in [-0.05, 0) is 25.1 Å². The van der Waals surface area contributed by atoms with Crippen LogP contribution in [0.5, 0.6) is 5.88 Å². The molecule has 102 valence electrons. The van der Waals surface area contributed by atoms with Crippen LogP contribution in [0, 0.1) is 18.6 Å². The zero-order valence-electron chi connectivity index (χ0n) is 10.2. The van der Waals surface area contributed by atoms with Crippen molar-refractivity contribution in [3.05, 3.63) is 45.9 Å². The molecule has 0 bridgehead atoms. The quantitative estimate of drug-likeness (QED) is 0.923. The standard InChI is InChI=1S/C12H10F2N2O2.ClH/c1-6-10(15-12(17)16-11(6)18-2)7-3-4-8(13)9(14)5-7;/h3-5H,1-2H3,(H,15,16,17);1H. The van der Waals surface area contributed by atoms with E-state index < -0.39 is 17.3 Å². The Morgan fingerprint density at radius 2 is 1.95 bits per heavy atom. The molecule has 0 saturated heterocycles. The second kappa shape index (κ2) is 5.79. The Bertz CT molecular complexity index is 659. The van der Waals surface area contributed by atoms with Crippen molar-refractivity contribution in [2.45, 2.75) is 6.92 Å². The van der Waals surface area contributed by atoms with E-state index in [-0.39, 0.29) is 18.3 Å². The molecule has 0 aliphatic rings. The molecule has 1 N–H and O–H groups in total. The number of nitrogens with zero attached hydrogens (tertiary/aromatic N) is 1. The molecule has 1 heterocycles. The number of methoxy groups -OCH3 is 1. The molecule has 0 saturated carbocycles. The molecular weight excluding hydrogens is 278 g/mol. The molecule has 0 aliphatic heterocycles. The Kier molecular flexibility index (Phi) is 4.61. The van der Waals surface area contributed by atoms with E-state index in [4.69, 9.17) is 4.74 Å². The Hall–Kier alpha value is -1.95. The van der Waals surface area contributed by atoms with Crippen LogP contribution in [0.25, 0.3) is 11.3 Å². The minimum atomic E-state index is -0.983. The lowest BCUT2D eigenvalue weighted by Crippen LogP contribution is -2.14. The van der Waals surface area contributed by atoms with Crippen molar-refractivity contribution in [2.24, 2.45) is 0 Å². The fourth-order valence-electron chi connectivity index (χ4n) is 1.65. The van der Waals surface area contributed by atoms with Crippen LogP contribution in [0.4, 0.5) is 8.78 Å². The van der Waals surface area contributed by atoms with E-state index in [1.165, 1.54) is 13.2 Å². The second-order valence-corrected chi connectivity index (χ2v) is 3.68. The third-order valence-corrected chi connectivity index (χ3v) is 2.53. The summed E-state index contributed by atoms with van der Waals surface area (Å²) in [6, 6.07) is 3.37. The van der Waals surface area contributed by atoms with Gasteiger partial charge < -0.3 is 9.72 Å². The summed E-state index contributed by atoms with van der Waals surface area (Å²) in [5.74, 6) is -1.78. The van der Waals surface area contributed by atoms with Crippen LogP contribution in [0.1, 0.15) is 5.56 Å². The number of benzene rings is 1. The van der Waals surface area contributed by atoms with Crippen LogP contribution >= 0.6 is 12.4 Å². The van der Waals surface area contributed by atoms with Crippen LogP contribution in [-0.2, 0) is 0 Å². The summed E-state index contributed by atoms with van der Waals surface area (Å²) in [7, 11) is 1.38. The fourth-order valence-corrected chi connectivity index (χ4v) is 1.65. The van der Waals surface area contributed by atoms with E-state index in [9.17, 15) is 13.6 Å². The number of hydrogen-bond acceptors (Lipinski definition) is 3. The zero-order valence-corrected chi connectivity index (χ0v) is 11.0. The minimum Gasteiger partial charge on any atom is -0.481 e. The molecule has 0 amide bonds. The molecule has 0 aliphatic carbocycles. The van der Waals surface area contributed by atoms with Crippen LogP contribution in [0.2, 0.25) is 0 Å². The molecule has 2 rings (SSSR count). The van der Waals surface area contributed by atoms with Crippen molar-refractivity contribution < 1.29 is 13.5 Å². The molecular formula is C12H11ClF2N2O2. The molecule has 1 aromatic heterocycles. The summed E-state index contributed by atoms with van der Waals surface area (Å²) in [5, 5.41) is 0. The van der Waals surface area contributed by atoms with Gasteiger partial charge in [0.15, 0.2) is 11.6 Å². The molecule has 19 heavy (non-hydrogen) atoms. The maximum Gasteiger partial charge on any atom is 0.348 e. The van der Waals surface area contributed by atoms with Crippen molar-refractivity contribution in [1.82, 2.24) is 9.97 Å². The van der Waals surface area contributed by atoms with Gasteiger partial charge in [-0.3, -0.25) is 0 Å². The first-order chi connectivity index (χ1) is 8.52. The van der Waals surface area contributed by atoms with E-state index in [0.29, 0.717) is 16.8 Å². The first kappa shape index (κ1) is 15.1. The first-order valence-corrected chi connectivity index (χ1v) is 5.13. The highest BCUT2D eigenvalue weighted by molar-refractivity contribution is 5.85. The summed E-state index contributed by atoms with van der Waals surface area (Å²) >= 11 is 0. The predicted octanol–water partition coefficient (Wildman–Crippen LogP) is 2.45. The number of H-pyrrole nitrogens is 1. The van der Waals surface area contributed by atoms with Gasteiger partial charge in [-0.1, -0.05) is 0 Å². The van der Waals surface area contributed by atoms with Crippen molar-refractivity contribution in [2.75, 3.05) is 7.11 Å². The highest BCUT2D eigenvalue weighted by Gasteiger charge is 2.12. The smallest absolute Gasteiger partial charge is 0.348 e. The van der Waals surface area contributed by atoms with Gasteiger partial charge in [0.1, 0.15) is 0 Å². The average Bonchev–Trinajstić information content (AvgIpc) is 2.35. The number of ether oxygens (including phenoxy) is 1. The Labute approximate surface area is 113 Å². The van der Waals surface area contributed by atoms with Gasteiger partial charge >= 0.3 is 5.69 Å². The minimum absolute atomic E-state index is 0. The van der Waals surface area contributed by atoms with Crippen LogP contribution in [-0.4, -0.2) is 17.1 Å². The summed E-state index contributed by atoms with van der Waals surface area (Å²) in [5.41, 5.74) is 0.634. The summed E-state index contributed by atoms with van der Waals surface area (Å²) < 4.78 is 31.0. The van der Waals surface area contributed by atoms with Gasteiger partial charge in [0.2, 0.25) is 5.88 Å². The molecule has 0 atom stereocenters. The number of aromatic amines is 1. The zero-order chi connectivity index (χ0) is 13.3. The van der Waals surface area contributed by atoms with E-state index >= 15 is 0 Å². The summed E-state index contributed by atoms with van der Waals surface area (Å²) in [6.45, 7) is 1.67. The van der Waals surface area contributed by atoms with Gasteiger partial charge in [0.05, 0.1) is 12.8 Å². The van der Waals surface area contributed by atoms with E-state index in [1.807, 2.05) is 0 Å². The third kappa shape index (κ3) is 2.90. The number of aromatic nitrogens is 2. The van der Waals surface area contributed by atoms with Gasteiger partial charge in [0.25, 0.3) is 0 Å². The molecule has 0 radical (unpaired) electrons. The highest BCUT2D eigenvalue weighted by Crippen LogP contribution is 2.25. The third-order valence-electron chi connectivity index (χ3n) is 2.53. The van der Waals surface area contributed by atoms with Gasteiger partial charge in [-0.2, -0.15) is 4.98 Å². The van der Waals surface area contributed by atoms with E-state index in [2.05, 4.69) is 9.97 Å². The van der Waals surface area contributed by atoms with E-state index in [0.717, 1.165) is 12.1 Å². The van der Waals surface area contributed by atoms with Gasteiger partial charge in [-0.15, -0.1) is 12.4 Å². The van der Waals surface area contributed by atoms with Crippen molar-refractivity contribution in [3.8, 4) is 17.1 Å². The van der Waals surface area contributed by atoms with Crippen LogP contribution < -0.4 is 10.4 Å². The fraction of sp³-hybridized carbons (Fsp3) is 0.167. The molecule has 0 spiro atoms. The number of rotatable bonds is 2. The second-order valence-electron chi connectivity index (χ2n) is 3.68. The predicted molar refractivity (Wildman–Crippen MR) is 68.7 cm³/mol. The van der Waals surface area contributed by atoms with Gasteiger partial charge in [0, 0.05) is 11.1 Å². The lowest BCUT2D eigenvalue weighted by molar-refractivity contribution is 0.392. The van der Waals surface area contributed by atoms with Crippen molar-refractivity contribution in [3.63, 3.8) is 0 Å². The molecule has 0 fully saturated rings. The van der Waals surface area contributed by atoms with Crippen molar-refractivity contribution in [1.29, 1.82) is 0 Å². The first-order valence-electron chi connectivity index (χ1n) is 5.13. The summed E-state index contributed by atoms with van der Waals surface area (Å²) in [4.78, 5) is 17.4. The maximum atomic E-state index is 13.2. The maximum absolute atomic E-state index is 13.2. The number of nitrogens with one attached hydrogen (secondary N) is 1. The monoisotopic (exact) mass is 288 g/mol. The lowest BCUT2D eigenvalue weighted by Gasteiger charge is -2.09. The van der Waals surface area contributed by atoms with Gasteiger partial charge in [-0.25, -0.2) is 13.6 Å². The summed E-state index contributed by atoms with van der Waals surface area (Å²) in [6.07, 6.45) is 0. The Balaban J connectivity index is 0.00000180.